The molecular formula is C26H27BrClN3O4S. The van der Waals surface area contributed by atoms with E-state index in [0.717, 1.165) is 11.1 Å². The standard InChI is InChI=1S/C26H27BrClN3O4S/c1-14-6-5-9-17(28)20(14)30-24(34)22-26-12-16(27)21(36-26)18(19(26)25(35)31(22)10-11-32)23(33)29-13-15-7-3-2-4-8-15/h2-9,16,18-19,21-22,32H,10-13H2,1H3,(H,29,33)(H,30,34)/t16?,18-,19-,21-,22?,26?/m0/s1. The number of fused-ring (bicyclic) bond motifs is 1. The lowest BCUT2D eigenvalue weighted by Crippen LogP contribution is -2.53. The second-order valence-corrected chi connectivity index (χ2v) is 12.7. The number of hydrogen-bond acceptors (Lipinski definition) is 5. The van der Waals surface area contributed by atoms with Crippen LogP contribution in [0.1, 0.15) is 17.5 Å². The van der Waals surface area contributed by atoms with E-state index < -0.39 is 22.6 Å². The molecule has 0 saturated carbocycles. The summed E-state index contributed by atoms with van der Waals surface area (Å²) in [5.41, 5.74) is 2.28. The number of benzene rings is 2. The van der Waals surface area contributed by atoms with Gasteiger partial charge in [0, 0.05) is 23.2 Å². The molecule has 2 aromatic rings. The Kier molecular flexibility index (Phi) is 7.11. The molecule has 3 heterocycles. The van der Waals surface area contributed by atoms with Gasteiger partial charge in [0.15, 0.2) is 0 Å². The Morgan fingerprint density at radius 1 is 1.19 bits per heavy atom. The number of aliphatic hydroxyl groups is 1. The Labute approximate surface area is 227 Å². The summed E-state index contributed by atoms with van der Waals surface area (Å²) in [4.78, 5) is 42.5. The minimum absolute atomic E-state index is 0.0210. The van der Waals surface area contributed by atoms with Crippen LogP contribution in [0, 0.1) is 18.8 Å². The Bertz CT molecular complexity index is 1180. The molecule has 3 fully saturated rings. The fourth-order valence-corrected chi connectivity index (χ4v) is 9.85. The lowest BCUT2D eigenvalue weighted by molar-refractivity contribution is -0.139. The van der Waals surface area contributed by atoms with Crippen LogP contribution in [0.25, 0.3) is 0 Å². The number of rotatable bonds is 7. The predicted octanol–water partition coefficient (Wildman–Crippen LogP) is 3.36. The molecule has 3 amide bonds. The summed E-state index contributed by atoms with van der Waals surface area (Å²) < 4.78 is -0.779. The SMILES string of the molecule is Cc1cccc(Cl)c1NC(=O)C1N(CCO)C(=O)[C@@H]2[C@H](C(=O)NCc3ccccc3)[C@H]3SC12CC3Br. The van der Waals surface area contributed by atoms with Gasteiger partial charge in [-0.15, -0.1) is 11.8 Å². The molecule has 3 unspecified atom stereocenters. The van der Waals surface area contributed by atoms with Gasteiger partial charge in [0.2, 0.25) is 17.7 Å². The number of amides is 3. The first-order valence-electron chi connectivity index (χ1n) is 11.9. The van der Waals surface area contributed by atoms with Crippen LogP contribution < -0.4 is 10.6 Å². The Hall–Kier alpha value is -2.07. The topological polar surface area (TPSA) is 98.7 Å². The normalized spacial score (nSPS) is 30.4. The van der Waals surface area contributed by atoms with Crippen LogP contribution in [0.4, 0.5) is 5.69 Å². The van der Waals surface area contributed by atoms with E-state index >= 15 is 0 Å². The molecule has 2 bridgehead atoms. The summed E-state index contributed by atoms with van der Waals surface area (Å²) in [7, 11) is 0. The summed E-state index contributed by atoms with van der Waals surface area (Å²) in [6.07, 6.45) is 0.572. The maximum Gasteiger partial charge on any atom is 0.248 e. The fourth-order valence-electron chi connectivity index (χ4n) is 5.96. The number of anilines is 1. The predicted molar refractivity (Wildman–Crippen MR) is 144 cm³/mol. The van der Waals surface area contributed by atoms with E-state index in [2.05, 4.69) is 26.6 Å². The highest BCUT2D eigenvalue weighted by Gasteiger charge is 2.75. The van der Waals surface area contributed by atoms with Crippen molar-refractivity contribution < 1.29 is 19.5 Å². The van der Waals surface area contributed by atoms with Gasteiger partial charge in [0.1, 0.15) is 6.04 Å². The van der Waals surface area contributed by atoms with Gasteiger partial charge in [-0.3, -0.25) is 14.4 Å². The molecule has 190 valence electrons. The molecule has 3 aliphatic rings. The molecular weight excluding hydrogens is 566 g/mol. The molecule has 0 aliphatic carbocycles. The average molecular weight is 593 g/mol. The van der Waals surface area contributed by atoms with Crippen molar-refractivity contribution in [2.75, 3.05) is 18.5 Å². The van der Waals surface area contributed by atoms with Crippen LogP contribution >= 0.6 is 39.3 Å². The minimum atomic E-state index is -0.834. The molecule has 5 rings (SSSR count). The zero-order chi connectivity index (χ0) is 25.6. The van der Waals surface area contributed by atoms with Crippen molar-refractivity contribution in [3.05, 3.63) is 64.7 Å². The molecule has 3 aliphatic heterocycles. The van der Waals surface area contributed by atoms with Gasteiger partial charge in [-0.2, -0.15) is 0 Å². The first-order chi connectivity index (χ1) is 17.3. The summed E-state index contributed by atoms with van der Waals surface area (Å²) in [5.74, 6) is -2.02. The first-order valence-corrected chi connectivity index (χ1v) is 14.1. The number of aliphatic hydroxyl groups excluding tert-OH is 1. The number of para-hydroxylation sites is 1. The minimum Gasteiger partial charge on any atom is -0.395 e. The largest absolute Gasteiger partial charge is 0.395 e. The van der Waals surface area contributed by atoms with Crippen LogP contribution in [-0.4, -0.2) is 61.7 Å². The number of likely N-dealkylation sites (tertiary alicyclic amines) is 1. The fraction of sp³-hybridized carbons (Fsp3) is 0.423. The van der Waals surface area contributed by atoms with Crippen molar-refractivity contribution in [3.8, 4) is 0 Å². The number of thioether (sulfide) groups is 1. The number of hydrogen-bond donors (Lipinski definition) is 3. The summed E-state index contributed by atoms with van der Waals surface area (Å²) >= 11 is 11.7. The highest BCUT2D eigenvalue weighted by Crippen LogP contribution is 2.67. The third kappa shape index (κ3) is 4.14. The quantitative estimate of drug-likeness (QED) is 0.429. The maximum atomic E-state index is 13.8. The van der Waals surface area contributed by atoms with Crippen molar-refractivity contribution in [2.45, 2.75) is 40.8 Å². The summed E-state index contributed by atoms with van der Waals surface area (Å²) in [6, 6.07) is 14.1. The first kappa shape index (κ1) is 25.6. The summed E-state index contributed by atoms with van der Waals surface area (Å²) in [6.45, 7) is 1.96. The maximum absolute atomic E-state index is 13.8. The number of aryl methyl sites for hydroxylation is 1. The number of carbonyl (C=O) groups is 3. The van der Waals surface area contributed by atoms with Gasteiger partial charge >= 0.3 is 0 Å². The molecule has 3 saturated heterocycles. The van der Waals surface area contributed by atoms with Gasteiger partial charge in [-0.05, 0) is 30.5 Å². The van der Waals surface area contributed by atoms with E-state index in [1.54, 1.807) is 17.8 Å². The Morgan fingerprint density at radius 2 is 1.94 bits per heavy atom. The Morgan fingerprint density at radius 3 is 2.64 bits per heavy atom. The summed E-state index contributed by atoms with van der Waals surface area (Å²) in [5, 5.41) is 16.0. The van der Waals surface area contributed by atoms with Crippen LogP contribution in [-0.2, 0) is 20.9 Å². The van der Waals surface area contributed by atoms with E-state index in [1.165, 1.54) is 4.90 Å². The molecule has 36 heavy (non-hydrogen) atoms. The highest BCUT2D eigenvalue weighted by atomic mass is 79.9. The zero-order valence-electron chi connectivity index (χ0n) is 19.6. The van der Waals surface area contributed by atoms with Gasteiger partial charge in [0.05, 0.1) is 33.9 Å². The molecule has 6 atom stereocenters. The third-order valence-corrected chi connectivity index (χ3v) is 11.0. The van der Waals surface area contributed by atoms with Crippen molar-refractivity contribution in [2.24, 2.45) is 11.8 Å². The molecule has 2 aromatic carbocycles. The zero-order valence-corrected chi connectivity index (χ0v) is 22.8. The number of β-amino-alcohol motifs (C(OH)–C–C–N with tert-alkyl or cyclic N) is 1. The van der Waals surface area contributed by atoms with Crippen LogP contribution in [0.2, 0.25) is 5.02 Å². The van der Waals surface area contributed by atoms with Crippen LogP contribution in [0.15, 0.2) is 48.5 Å². The monoisotopic (exact) mass is 591 g/mol. The lowest BCUT2D eigenvalue weighted by atomic mass is 9.70. The van der Waals surface area contributed by atoms with E-state index in [4.69, 9.17) is 11.6 Å². The number of halogens is 2. The van der Waals surface area contributed by atoms with E-state index in [-0.39, 0.29) is 41.0 Å². The lowest BCUT2D eigenvalue weighted by Gasteiger charge is -2.35. The van der Waals surface area contributed by atoms with Crippen molar-refractivity contribution in [1.82, 2.24) is 10.2 Å². The second kappa shape index (κ2) is 10.0. The van der Waals surface area contributed by atoms with Gasteiger partial charge in [-0.1, -0.05) is 70.0 Å². The van der Waals surface area contributed by atoms with Crippen molar-refractivity contribution >= 4 is 62.7 Å². The number of alkyl halides is 1. The van der Waals surface area contributed by atoms with Crippen LogP contribution in [0.5, 0.6) is 0 Å². The number of nitrogens with one attached hydrogen (secondary N) is 2. The van der Waals surface area contributed by atoms with E-state index in [1.807, 2.05) is 49.4 Å². The average Bonchev–Trinajstić information content (AvgIpc) is 3.44. The molecule has 3 N–H and O–H groups in total. The van der Waals surface area contributed by atoms with Crippen molar-refractivity contribution in [1.29, 1.82) is 0 Å². The van der Waals surface area contributed by atoms with Gasteiger partial charge in [0.25, 0.3) is 0 Å². The Balaban J connectivity index is 1.46. The molecule has 0 radical (unpaired) electrons. The number of nitrogens with zero attached hydrogens (tertiary/aromatic N) is 1. The van der Waals surface area contributed by atoms with Gasteiger partial charge in [-0.25, -0.2) is 0 Å². The van der Waals surface area contributed by atoms with E-state index in [9.17, 15) is 19.5 Å². The van der Waals surface area contributed by atoms with Crippen LogP contribution in [0.3, 0.4) is 0 Å². The molecule has 1 spiro atoms. The second-order valence-electron chi connectivity index (χ2n) is 9.54. The smallest absolute Gasteiger partial charge is 0.248 e. The molecule has 7 nitrogen and oxygen atoms in total. The molecule has 0 aromatic heterocycles. The van der Waals surface area contributed by atoms with Gasteiger partial charge < -0.3 is 20.6 Å². The molecule has 10 heteroatoms. The van der Waals surface area contributed by atoms with Crippen molar-refractivity contribution in [3.63, 3.8) is 0 Å². The van der Waals surface area contributed by atoms with E-state index in [0.29, 0.717) is 23.7 Å². The third-order valence-electron chi connectivity index (χ3n) is 7.46. The number of carbonyl (C=O) groups excluding carboxylic acids is 3. The highest BCUT2D eigenvalue weighted by molar-refractivity contribution is 9.09.